The molecule has 1 fully saturated rings. The fraction of sp³-hybridized carbons (Fsp3) is 0.417. The highest BCUT2D eigenvalue weighted by Crippen LogP contribution is 2.41. The predicted molar refractivity (Wildman–Crippen MR) is 88.0 cm³/mol. The topological polar surface area (TPSA) is 67.5 Å². The molecule has 1 atom stereocenters. The van der Waals surface area contributed by atoms with Crippen molar-refractivity contribution in [2.75, 3.05) is 18.1 Å². The molecule has 4 nitrogen and oxygen atoms in total. The highest BCUT2D eigenvalue weighted by molar-refractivity contribution is 14.0. The Kier molecular flexibility index (Phi) is 5.58. The fourth-order valence-corrected chi connectivity index (χ4v) is 2.54. The molecule has 0 amide bonds. The molecule has 2 rings (SSSR count). The number of guanidine groups is 1. The number of hydrogen-bond acceptors (Lipinski definition) is 2. The van der Waals surface area contributed by atoms with Crippen molar-refractivity contribution in [2.45, 2.75) is 17.6 Å². The van der Waals surface area contributed by atoms with Gasteiger partial charge in [0.1, 0.15) is 0 Å². The number of para-hydroxylation sites is 1. The average molecular weight is 379 g/mol. The third-order valence-corrected chi connectivity index (χ3v) is 4.76. The average Bonchev–Trinajstić information content (AvgIpc) is 3.09. The van der Waals surface area contributed by atoms with Gasteiger partial charge in [0.2, 0.25) is 0 Å². The number of hydrogen-bond donors (Lipinski definition) is 2. The van der Waals surface area contributed by atoms with Gasteiger partial charge in [-0.25, -0.2) is 0 Å². The number of halogens is 1. The first-order chi connectivity index (χ1) is 8.12. The Labute approximate surface area is 127 Å². The highest BCUT2D eigenvalue weighted by atomic mass is 127. The van der Waals surface area contributed by atoms with Gasteiger partial charge in [0.15, 0.2) is 5.96 Å². The van der Waals surface area contributed by atoms with E-state index >= 15 is 0 Å². The number of rotatable bonds is 4. The SMILES string of the molecule is CS(=O)C1(CN=C(N)Nc2ccccc2)CC1.I. The van der Waals surface area contributed by atoms with Crippen molar-refractivity contribution in [2.24, 2.45) is 10.7 Å². The molecule has 1 saturated carbocycles. The maximum atomic E-state index is 11.5. The molecule has 18 heavy (non-hydrogen) atoms. The van der Waals surface area contributed by atoms with Crippen LogP contribution in [-0.4, -0.2) is 27.7 Å². The van der Waals surface area contributed by atoms with Gasteiger partial charge in [0.05, 0.1) is 11.3 Å². The van der Waals surface area contributed by atoms with Crippen molar-refractivity contribution in [3.8, 4) is 0 Å². The molecule has 1 aromatic carbocycles. The third kappa shape index (κ3) is 3.94. The van der Waals surface area contributed by atoms with Crippen molar-refractivity contribution >= 4 is 46.4 Å². The lowest BCUT2D eigenvalue weighted by molar-refractivity contribution is 0.672. The summed E-state index contributed by atoms with van der Waals surface area (Å²) in [5.41, 5.74) is 6.69. The van der Waals surface area contributed by atoms with Crippen LogP contribution in [0.3, 0.4) is 0 Å². The van der Waals surface area contributed by atoms with Gasteiger partial charge < -0.3 is 11.1 Å². The molecule has 0 saturated heterocycles. The van der Waals surface area contributed by atoms with Crippen LogP contribution in [0.4, 0.5) is 5.69 Å². The number of nitrogens with two attached hydrogens (primary N) is 1. The van der Waals surface area contributed by atoms with Gasteiger partial charge in [-0.1, -0.05) is 18.2 Å². The van der Waals surface area contributed by atoms with E-state index in [0.717, 1.165) is 18.5 Å². The molecule has 1 aliphatic rings. The van der Waals surface area contributed by atoms with E-state index in [-0.39, 0.29) is 28.7 Å². The van der Waals surface area contributed by atoms with Crippen LogP contribution in [0, 0.1) is 0 Å². The summed E-state index contributed by atoms with van der Waals surface area (Å²) in [5.74, 6) is 0.382. The molecule has 1 aliphatic carbocycles. The Morgan fingerprint density at radius 3 is 2.56 bits per heavy atom. The maximum absolute atomic E-state index is 11.5. The van der Waals surface area contributed by atoms with Crippen LogP contribution in [0.5, 0.6) is 0 Å². The molecule has 0 spiro atoms. The lowest BCUT2D eigenvalue weighted by atomic mass is 10.3. The predicted octanol–water partition coefficient (Wildman–Crippen LogP) is 1.94. The molecule has 1 aromatic rings. The molecule has 6 heteroatoms. The van der Waals surface area contributed by atoms with Crippen molar-refractivity contribution in [3.05, 3.63) is 30.3 Å². The second kappa shape index (κ2) is 6.51. The van der Waals surface area contributed by atoms with E-state index in [4.69, 9.17) is 5.73 Å². The first-order valence-electron chi connectivity index (χ1n) is 5.58. The van der Waals surface area contributed by atoms with E-state index in [1.54, 1.807) is 6.26 Å². The van der Waals surface area contributed by atoms with Crippen LogP contribution in [-0.2, 0) is 10.8 Å². The first-order valence-corrected chi connectivity index (χ1v) is 7.14. The number of anilines is 1. The summed E-state index contributed by atoms with van der Waals surface area (Å²) < 4.78 is 11.4. The molecule has 0 aliphatic heterocycles. The van der Waals surface area contributed by atoms with Crippen LogP contribution < -0.4 is 11.1 Å². The Bertz CT molecular complexity index is 446. The molecular formula is C12H18IN3OS. The zero-order valence-electron chi connectivity index (χ0n) is 10.3. The van der Waals surface area contributed by atoms with Crippen molar-refractivity contribution in [1.29, 1.82) is 0 Å². The second-order valence-corrected chi connectivity index (χ2v) is 6.10. The highest BCUT2D eigenvalue weighted by Gasteiger charge is 2.46. The fourth-order valence-electron chi connectivity index (χ4n) is 1.61. The molecule has 100 valence electrons. The van der Waals surface area contributed by atoms with Gasteiger partial charge in [-0.2, -0.15) is 0 Å². The Morgan fingerprint density at radius 2 is 2.06 bits per heavy atom. The summed E-state index contributed by atoms with van der Waals surface area (Å²) in [4.78, 5) is 4.27. The van der Waals surface area contributed by atoms with Gasteiger partial charge in [-0.05, 0) is 25.0 Å². The lowest BCUT2D eigenvalue weighted by Crippen LogP contribution is -2.27. The van der Waals surface area contributed by atoms with E-state index < -0.39 is 10.8 Å². The summed E-state index contributed by atoms with van der Waals surface area (Å²) in [6, 6.07) is 9.65. The van der Waals surface area contributed by atoms with E-state index in [1.807, 2.05) is 30.3 Å². The van der Waals surface area contributed by atoms with Gasteiger partial charge in [0, 0.05) is 22.7 Å². The third-order valence-electron chi connectivity index (χ3n) is 3.00. The Balaban J connectivity index is 0.00000162. The first kappa shape index (κ1) is 15.4. The minimum absolute atomic E-state index is 0. The number of aliphatic imine (C=N–C) groups is 1. The molecule has 0 aromatic heterocycles. The summed E-state index contributed by atoms with van der Waals surface area (Å²) >= 11 is 0. The standard InChI is InChI=1S/C12H17N3OS.HI/c1-17(16)12(7-8-12)9-14-11(13)15-10-5-3-2-4-6-10;/h2-6H,7-9H2,1H3,(H3,13,14,15);1H. The van der Waals surface area contributed by atoms with E-state index in [0.29, 0.717) is 12.5 Å². The van der Waals surface area contributed by atoms with Crippen molar-refractivity contribution < 1.29 is 4.21 Å². The van der Waals surface area contributed by atoms with Crippen LogP contribution in [0.25, 0.3) is 0 Å². The zero-order chi connectivity index (χ0) is 12.3. The summed E-state index contributed by atoms with van der Waals surface area (Å²) in [7, 11) is -0.818. The Hall–Kier alpha value is -0.630. The number of benzene rings is 1. The lowest BCUT2D eigenvalue weighted by Gasteiger charge is -2.10. The van der Waals surface area contributed by atoms with Gasteiger partial charge in [0.25, 0.3) is 0 Å². The van der Waals surface area contributed by atoms with E-state index in [1.165, 1.54) is 0 Å². The second-order valence-electron chi connectivity index (χ2n) is 4.33. The molecular weight excluding hydrogens is 361 g/mol. The zero-order valence-corrected chi connectivity index (χ0v) is 13.4. The van der Waals surface area contributed by atoms with Crippen molar-refractivity contribution in [1.82, 2.24) is 0 Å². The van der Waals surface area contributed by atoms with Gasteiger partial charge >= 0.3 is 0 Å². The number of nitrogens with one attached hydrogen (secondary N) is 1. The van der Waals surface area contributed by atoms with E-state index in [9.17, 15) is 4.21 Å². The normalized spacial score (nSPS) is 18.6. The van der Waals surface area contributed by atoms with Crippen molar-refractivity contribution in [3.63, 3.8) is 0 Å². The summed E-state index contributed by atoms with van der Waals surface area (Å²) in [6.07, 6.45) is 3.71. The molecule has 0 bridgehead atoms. The van der Waals surface area contributed by atoms with Gasteiger partial charge in [-0.15, -0.1) is 24.0 Å². The van der Waals surface area contributed by atoms with Crippen LogP contribution in [0.1, 0.15) is 12.8 Å². The quantitative estimate of drug-likeness (QED) is 0.477. The van der Waals surface area contributed by atoms with Crippen LogP contribution in [0.2, 0.25) is 0 Å². The summed E-state index contributed by atoms with van der Waals surface area (Å²) in [6.45, 7) is 0.543. The monoisotopic (exact) mass is 379 g/mol. The minimum atomic E-state index is -0.818. The molecule has 0 radical (unpaired) electrons. The largest absolute Gasteiger partial charge is 0.370 e. The van der Waals surface area contributed by atoms with Crippen LogP contribution >= 0.6 is 24.0 Å². The van der Waals surface area contributed by atoms with Gasteiger partial charge in [-0.3, -0.25) is 9.20 Å². The minimum Gasteiger partial charge on any atom is -0.370 e. The molecule has 3 N–H and O–H groups in total. The molecule has 0 heterocycles. The number of nitrogens with zero attached hydrogens (tertiary/aromatic N) is 1. The smallest absolute Gasteiger partial charge is 0.193 e. The molecule has 1 unspecified atom stereocenters. The Morgan fingerprint density at radius 1 is 1.44 bits per heavy atom. The maximum Gasteiger partial charge on any atom is 0.193 e. The van der Waals surface area contributed by atoms with Crippen LogP contribution in [0.15, 0.2) is 35.3 Å². The summed E-state index contributed by atoms with van der Waals surface area (Å²) in [5, 5.41) is 3.01. The van der Waals surface area contributed by atoms with E-state index in [2.05, 4.69) is 10.3 Å².